The molecule has 0 saturated carbocycles. The summed E-state index contributed by atoms with van der Waals surface area (Å²) >= 11 is 3.54. The predicted molar refractivity (Wildman–Crippen MR) is 99.6 cm³/mol. The van der Waals surface area contributed by atoms with Crippen LogP contribution in [0.5, 0.6) is 5.75 Å². The van der Waals surface area contributed by atoms with Crippen molar-refractivity contribution in [3.8, 4) is 11.8 Å². The molecule has 2 aromatic rings. The molecular formula is C19H22BrN3O. The number of methoxy groups -OCH3 is 1. The second-order valence-corrected chi connectivity index (χ2v) is 6.49. The summed E-state index contributed by atoms with van der Waals surface area (Å²) in [6.07, 6.45) is 0.940. The largest absolute Gasteiger partial charge is 0.496 e. The maximum absolute atomic E-state index is 9.06. The molecule has 2 aromatic carbocycles. The second kappa shape index (κ2) is 9.43. The predicted octanol–water partition coefficient (Wildman–Crippen LogP) is 3.68. The molecule has 5 heteroatoms. The third kappa shape index (κ3) is 5.34. The first-order chi connectivity index (χ1) is 11.7. The minimum Gasteiger partial charge on any atom is -0.496 e. The van der Waals surface area contributed by atoms with E-state index < -0.39 is 0 Å². The van der Waals surface area contributed by atoms with Gasteiger partial charge in [-0.15, -0.1) is 0 Å². The third-order valence-electron chi connectivity index (χ3n) is 3.76. The van der Waals surface area contributed by atoms with Crippen molar-refractivity contribution in [2.45, 2.75) is 19.5 Å². The molecule has 0 aliphatic heterocycles. The summed E-state index contributed by atoms with van der Waals surface area (Å²) in [6, 6.07) is 16.1. The molecule has 24 heavy (non-hydrogen) atoms. The van der Waals surface area contributed by atoms with Crippen molar-refractivity contribution in [2.75, 3.05) is 20.2 Å². The fourth-order valence-corrected chi connectivity index (χ4v) is 3.18. The Morgan fingerprint density at radius 3 is 2.54 bits per heavy atom. The maximum Gasteiger partial charge on any atom is 0.133 e. The SMILES string of the molecule is COc1ccc(CN(CCCN)Cc2cccc(C#N)c2)cc1Br. The Labute approximate surface area is 152 Å². The van der Waals surface area contributed by atoms with Gasteiger partial charge in [0, 0.05) is 19.6 Å². The average molecular weight is 388 g/mol. The van der Waals surface area contributed by atoms with Crippen LogP contribution in [0, 0.1) is 11.3 Å². The first-order valence-electron chi connectivity index (χ1n) is 7.90. The van der Waals surface area contributed by atoms with E-state index in [0.717, 1.165) is 41.8 Å². The number of hydrogen-bond acceptors (Lipinski definition) is 4. The van der Waals surface area contributed by atoms with Crippen molar-refractivity contribution in [1.29, 1.82) is 5.26 Å². The molecule has 0 radical (unpaired) electrons. The standard InChI is InChI=1S/C19H22BrN3O/c1-24-19-7-6-17(11-18(19)20)14-23(9-3-8-21)13-16-5-2-4-15(10-16)12-22/h2,4-7,10-11H,3,8-9,13-14,21H2,1H3. The van der Waals surface area contributed by atoms with Crippen molar-refractivity contribution >= 4 is 15.9 Å². The van der Waals surface area contributed by atoms with E-state index in [0.29, 0.717) is 12.1 Å². The van der Waals surface area contributed by atoms with Gasteiger partial charge in [0.2, 0.25) is 0 Å². The fourth-order valence-electron chi connectivity index (χ4n) is 2.59. The van der Waals surface area contributed by atoms with Crippen molar-refractivity contribution in [2.24, 2.45) is 5.73 Å². The number of nitriles is 1. The number of halogens is 1. The van der Waals surface area contributed by atoms with E-state index in [-0.39, 0.29) is 0 Å². The molecule has 0 atom stereocenters. The van der Waals surface area contributed by atoms with Crippen LogP contribution in [0.2, 0.25) is 0 Å². The van der Waals surface area contributed by atoms with Crippen LogP contribution < -0.4 is 10.5 Å². The molecule has 0 saturated heterocycles. The van der Waals surface area contributed by atoms with Crippen molar-refractivity contribution in [3.05, 3.63) is 63.6 Å². The fraction of sp³-hybridized carbons (Fsp3) is 0.316. The van der Waals surface area contributed by atoms with Crippen LogP contribution in [0.15, 0.2) is 46.9 Å². The monoisotopic (exact) mass is 387 g/mol. The highest BCUT2D eigenvalue weighted by molar-refractivity contribution is 9.10. The third-order valence-corrected chi connectivity index (χ3v) is 4.38. The zero-order valence-corrected chi connectivity index (χ0v) is 15.4. The van der Waals surface area contributed by atoms with E-state index >= 15 is 0 Å². The Balaban J connectivity index is 2.12. The zero-order chi connectivity index (χ0) is 17.4. The molecule has 0 fully saturated rings. The molecule has 2 rings (SSSR count). The van der Waals surface area contributed by atoms with Crippen LogP contribution in [0.25, 0.3) is 0 Å². The highest BCUT2D eigenvalue weighted by atomic mass is 79.9. The van der Waals surface area contributed by atoms with E-state index in [4.69, 9.17) is 15.7 Å². The Bertz CT molecular complexity index is 712. The van der Waals surface area contributed by atoms with Gasteiger partial charge in [-0.2, -0.15) is 5.26 Å². The molecule has 0 spiro atoms. The zero-order valence-electron chi connectivity index (χ0n) is 13.8. The van der Waals surface area contributed by atoms with Crippen molar-refractivity contribution < 1.29 is 4.74 Å². The number of ether oxygens (including phenoxy) is 1. The molecule has 0 heterocycles. The summed E-state index contributed by atoms with van der Waals surface area (Å²) in [6.45, 7) is 3.19. The number of nitrogens with zero attached hydrogens (tertiary/aromatic N) is 2. The van der Waals surface area contributed by atoms with Crippen LogP contribution in [0.4, 0.5) is 0 Å². The van der Waals surface area contributed by atoms with Gasteiger partial charge < -0.3 is 10.5 Å². The topological polar surface area (TPSA) is 62.3 Å². The Hall–Kier alpha value is -1.87. The molecule has 0 aromatic heterocycles. The van der Waals surface area contributed by atoms with Crippen molar-refractivity contribution in [1.82, 2.24) is 4.90 Å². The Morgan fingerprint density at radius 2 is 1.92 bits per heavy atom. The van der Waals surface area contributed by atoms with Crippen LogP contribution in [0.1, 0.15) is 23.1 Å². The van der Waals surface area contributed by atoms with Gasteiger partial charge in [0.1, 0.15) is 5.75 Å². The summed E-state index contributed by atoms with van der Waals surface area (Å²) < 4.78 is 6.24. The molecular weight excluding hydrogens is 366 g/mol. The van der Waals surface area contributed by atoms with E-state index in [2.05, 4.69) is 45.1 Å². The maximum atomic E-state index is 9.06. The smallest absolute Gasteiger partial charge is 0.133 e. The van der Waals surface area contributed by atoms with Crippen LogP contribution >= 0.6 is 15.9 Å². The normalized spacial score (nSPS) is 10.6. The van der Waals surface area contributed by atoms with Gasteiger partial charge in [0.05, 0.1) is 23.2 Å². The van der Waals surface area contributed by atoms with Crippen LogP contribution in [-0.2, 0) is 13.1 Å². The summed E-state index contributed by atoms with van der Waals surface area (Å²) in [5.41, 5.74) is 8.71. The summed E-state index contributed by atoms with van der Waals surface area (Å²) in [5, 5.41) is 9.06. The lowest BCUT2D eigenvalue weighted by molar-refractivity contribution is 0.255. The summed E-state index contributed by atoms with van der Waals surface area (Å²) in [4.78, 5) is 2.34. The van der Waals surface area contributed by atoms with E-state index in [1.54, 1.807) is 7.11 Å². The lowest BCUT2D eigenvalue weighted by atomic mass is 10.1. The molecule has 126 valence electrons. The summed E-state index contributed by atoms with van der Waals surface area (Å²) in [5.74, 6) is 0.828. The Kier molecular flexibility index (Phi) is 7.26. The lowest BCUT2D eigenvalue weighted by Crippen LogP contribution is -2.25. The van der Waals surface area contributed by atoms with Gasteiger partial charge in [-0.25, -0.2) is 0 Å². The summed E-state index contributed by atoms with van der Waals surface area (Å²) in [7, 11) is 1.66. The van der Waals surface area contributed by atoms with E-state index in [9.17, 15) is 0 Å². The number of hydrogen-bond donors (Lipinski definition) is 1. The van der Waals surface area contributed by atoms with Gasteiger partial charge in [-0.05, 0) is 64.3 Å². The highest BCUT2D eigenvalue weighted by Gasteiger charge is 2.09. The minimum absolute atomic E-state index is 0.668. The van der Waals surface area contributed by atoms with Gasteiger partial charge in [0.25, 0.3) is 0 Å². The van der Waals surface area contributed by atoms with Crippen LogP contribution in [-0.4, -0.2) is 25.1 Å². The van der Waals surface area contributed by atoms with Gasteiger partial charge >= 0.3 is 0 Å². The molecule has 2 N–H and O–H groups in total. The van der Waals surface area contributed by atoms with E-state index in [1.807, 2.05) is 24.3 Å². The Morgan fingerprint density at radius 1 is 1.17 bits per heavy atom. The van der Waals surface area contributed by atoms with Gasteiger partial charge in [-0.3, -0.25) is 4.90 Å². The molecule has 0 aliphatic carbocycles. The average Bonchev–Trinajstić information content (AvgIpc) is 2.60. The number of nitrogens with two attached hydrogens (primary N) is 1. The molecule has 0 unspecified atom stereocenters. The molecule has 0 amide bonds. The van der Waals surface area contributed by atoms with Gasteiger partial charge in [-0.1, -0.05) is 18.2 Å². The quantitative estimate of drug-likeness (QED) is 0.750. The van der Waals surface area contributed by atoms with Crippen LogP contribution in [0.3, 0.4) is 0 Å². The van der Waals surface area contributed by atoms with Gasteiger partial charge in [0.15, 0.2) is 0 Å². The number of benzene rings is 2. The number of rotatable bonds is 8. The molecule has 0 bridgehead atoms. The van der Waals surface area contributed by atoms with Crippen molar-refractivity contribution in [3.63, 3.8) is 0 Å². The lowest BCUT2D eigenvalue weighted by Gasteiger charge is -2.23. The first kappa shape index (κ1) is 18.5. The first-order valence-corrected chi connectivity index (χ1v) is 8.69. The molecule has 0 aliphatic rings. The highest BCUT2D eigenvalue weighted by Crippen LogP contribution is 2.26. The minimum atomic E-state index is 0.668. The molecule has 4 nitrogen and oxygen atoms in total. The van der Waals surface area contributed by atoms with E-state index in [1.165, 1.54) is 5.56 Å². The second-order valence-electron chi connectivity index (χ2n) is 5.63.